The molecule has 146 valence electrons. The van der Waals surface area contributed by atoms with Gasteiger partial charge < -0.3 is 10.2 Å². The molecule has 1 aliphatic heterocycles. The number of carbonyl (C=O) groups excluding carboxylic acids is 1. The van der Waals surface area contributed by atoms with E-state index in [1.807, 2.05) is 19.1 Å². The van der Waals surface area contributed by atoms with Crippen molar-refractivity contribution < 1.29 is 13.2 Å². The van der Waals surface area contributed by atoms with E-state index in [9.17, 15) is 13.2 Å². The zero-order valence-electron chi connectivity index (χ0n) is 16.0. The lowest BCUT2D eigenvalue weighted by atomic mass is 10.2. The topological polar surface area (TPSA) is 81.8 Å². The van der Waals surface area contributed by atoms with E-state index in [-0.39, 0.29) is 23.9 Å². The monoisotopic (exact) mass is 400 g/mol. The number of benzene rings is 1. The van der Waals surface area contributed by atoms with Crippen molar-refractivity contribution in [1.29, 1.82) is 0 Å². The fourth-order valence-corrected chi connectivity index (χ4v) is 4.63. The smallest absolute Gasteiger partial charge is 0.321 e. The molecule has 7 nitrogen and oxygen atoms in total. The lowest BCUT2D eigenvalue weighted by Gasteiger charge is -2.33. The van der Waals surface area contributed by atoms with Gasteiger partial charge in [-0.1, -0.05) is 20.8 Å². The Morgan fingerprint density at radius 2 is 1.77 bits per heavy atom. The first-order valence-electron chi connectivity index (χ1n) is 8.56. The number of hydrogen-bond donors (Lipinski definition) is 2. The van der Waals surface area contributed by atoms with Crippen LogP contribution in [0.3, 0.4) is 0 Å². The maximum Gasteiger partial charge on any atom is 0.321 e. The molecular weight excluding hydrogens is 372 g/mol. The summed E-state index contributed by atoms with van der Waals surface area (Å²) in [4.78, 5) is 15.3. The standard InChI is InChI=1S/C17H28N4O3S2/c1-13-12-14(25-17(2,3)4)6-7-15(13)19-16(22)20-8-10-21(11-9-20)26(23,24)18-5/h6-7,12,18H,8-11H2,1-5H3,(H,19,22). The predicted octanol–water partition coefficient (Wildman–Crippen LogP) is 2.50. The Morgan fingerprint density at radius 3 is 2.27 bits per heavy atom. The van der Waals surface area contributed by atoms with E-state index >= 15 is 0 Å². The summed E-state index contributed by atoms with van der Waals surface area (Å²) in [6.07, 6.45) is 0. The average molecular weight is 401 g/mol. The molecule has 1 fully saturated rings. The number of rotatable bonds is 4. The lowest BCUT2D eigenvalue weighted by Crippen LogP contribution is -2.53. The molecule has 1 aromatic carbocycles. The van der Waals surface area contributed by atoms with Crippen LogP contribution in [0.2, 0.25) is 0 Å². The van der Waals surface area contributed by atoms with Crippen LogP contribution < -0.4 is 10.0 Å². The lowest BCUT2D eigenvalue weighted by molar-refractivity contribution is 0.184. The molecule has 9 heteroatoms. The van der Waals surface area contributed by atoms with Gasteiger partial charge in [0.25, 0.3) is 10.2 Å². The van der Waals surface area contributed by atoms with E-state index < -0.39 is 10.2 Å². The van der Waals surface area contributed by atoms with Crippen molar-refractivity contribution in [3.05, 3.63) is 23.8 Å². The van der Waals surface area contributed by atoms with Crippen molar-refractivity contribution in [1.82, 2.24) is 13.9 Å². The summed E-state index contributed by atoms with van der Waals surface area (Å²) in [7, 11) is -2.05. The summed E-state index contributed by atoms with van der Waals surface area (Å²) in [6, 6.07) is 5.80. The van der Waals surface area contributed by atoms with Crippen LogP contribution in [0, 0.1) is 6.92 Å². The number of amides is 2. The molecule has 1 heterocycles. The fourth-order valence-electron chi connectivity index (χ4n) is 2.65. The number of nitrogens with one attached hydrogen (secondary N) is 2. The largest absolute Gasteiger partial charge is 0.322 e. The average Bonchev–Trinajstić information content (AvgIpc) is 2.56. The molecule has 2 amide bonds. The molecular formula is C17H28N4O3S2. The zero-order chi connectivity index (χ0) is 19.5. The second-order valence-electron chi connectivity index (χ2n) is 7.22. The van der Waals surface area contributed by atoms with E-state index in [0.29, 0.717) is 13.1 Å². The fraction of sp³-hybridized carbons (Fsp3) is 0.588. The summed E-state index contributed by atoms with van der Waals surface area (Å²) in [5.74, 6) is 0. The molecule has 0 saturated carbocycles. The Morgan fingerprint density at radius 1 is 1.15 bits per heavy atom. The molecule has 0 bridgehead atoms. The van der Waals surface area contributed by atoms with Gasteiger partial charge in [0, 0.05) is 48.6 Å². The minimum Gasteiger partial charge on any atom is -0.322 e. The van der Waals surface area contributed by atoms with Crippen LogP contribution in [0.4, 0.5) is 10.5 Å². The number of aryl methyl sites for hydroxylation is 1. The van der Waals surface area contributed by atoms with Crippen molar-refractivity contribution >= 4 is 33.7 Å². The first kappa shape index (κ1) is 21.0. The summed E-state index contributed by atoms with van der Waals surface area (Å²) >= 11 is 1.78. The number of hydrogen-bond acceptors (Lipinski definition) is 4. The molecule has 0 radical (unpaired) electrons. The van der Waals surface area contributed by atoms with Gasteiger partial charge in [0.05, 0.1) is 0 Å². The molecule has 0 spiro atoms. The van der Waals surface area contributed by atoms with E-state index in [0.717, 1.165) is 11.3 Å². The van der Waals surface area contributed by atoms with E-state index in [1.165, 1.54) is 16.2 Å². The van der Waals surface area contributed by atoms with Crippen LogP contribution >= 0.6 is 11.8 Å². The Kier molecular flexibility index (Phi) is 6.60. The first-order chi connectivity index (χ1) is 12.0. The normalized spacial score (nSPS) is 16.6. The second-order valence-corrected chi connectivity index (χ2v) is 11.0. The molecule has 1 aromatic rings. The summed E-state index contributed by atoms with van der Waals surface area (Å²) in [5, 5.41) is 2.93. The number of carbonyl (C=O) groups is 1. The molecule has 1 saturated heterocycles. The zero-order valence-corrected chi connectivity index (χ0v) is 17.6. The Labute approximate surface area is 160 Å². The van der Waals surface area contributed by atoms with Crippen LogP contribution in [0.1, 0.15) is 26.3 Å². The van der Waals surface area contributed by atoms with Gasteiger partial charge in [0.2, 0.25) is 0 Å². The van der Waals surface area contributed by atoms with Gasteiger partial charge in [-0.15, -0.1) is 11.8 Å². The van der Waals surface area contributed by atoms with E-state index in [2.05, 4.69) is 36.9 Å². The maximum atomic E-state index is 12.5. The van der Waals surface area contributed by atoms with Crippen molar-refractivity contribution in [3.8, 4) is 0 Å². The summed E-state index contributed by atoms with van der Waals surface area (Å²) in [5.41, 5.74) is 1.78. The van der Waals surface area contributed by atoms with E-state index in [1.54, 1.807) is 16.7 Å². The molecule has 2 N–H and O–H groups in total. The molecule has 1 aliphatic rings. The second kappa shape index (κ2) is 8.16. The third kappa shape index (κ3) is 5.60. The molecule has 2 rings (SSSR count). The van der Waals surface area contributed by atoms with Crippen LogP contribution in [-0.2, 0) is 10.2 Å². The van der Waals surface area contributed by atoms with E-state index in [4.69, 9.17) is 0 Å². The van der Waals surface area contributed by atoms with Crippen molar-refractivity contribution in [3.63, 3.8) is 0 Å². The van der Waals surface area contributed by atoms with Crippen LogP contribution in [0.25, 0.3) is 0 Å². The molecule has 0 unspecified atom stereocenters. The van der Waals surface area contributed by atoms with Gasteiger partial charge in [-0.25, -0.2) is 9.52 Å². The molecule has 0 atom stereocenters. The Hall–Kier alpha value is -1.29. The molecule has 26 heavy (non-hydrogen) atoms. The maximum absolute atomic E-state index is 12.5. The molecule has 0 aliphatic carbocycles. The highest BCUT2D eigenvalue weighted by atomic mass is 32.2. The van der Waals surface area contributed by atoms with Gasteiger partial charge in [0.1, 0.15) is 0 Å². The number of thioether (sulfide) groups is 1. The predicted molar refractivity (Wildman–Crippen MR) is 107 cm³/mol. The number of urea groups is 1. The first-order valence-corrected chi connectivity index (χ1v) is 10.8. The quantitative estimate of drug-likeness (QED) is 0.761. The van der Waals surface area contributed by atoms with Gasteiger partial charge in [-0.05, 0) is 30.7 Å². The highest BCUT2D eigenvalue weighted by Crippen LogP contribution is 2.33. The highest BCUT2D eigenvalue weighted by Gasteiger charge is 2.28. The third-order valence-corrected chi connectivity index (χ3v) is 6.65. The number of anilines is 1. The Balaban J connectivity index is 1.96. The SMILES string of the molecule is CNS(=O)(=O)N1CCN(C(=O)Nc2ccc(SC(C)(C)C)cc2C)CC1. The third-order valence-electron chi connectivity index (χ3n) is 3.99. The highest BCUT2D eigenvalue weighted by molar-refractivity contribution is 8.00. The summed E-state index contributed by atoms with van der Waals surface area (Å²) < 4.78 is 27.4. The van der Waals surface area contributed by atoms with Crippen LogP contribution in [0.15, 0.2) is 23.1 Å². The van der Waals surface area contributed by atoms with Crippen LogP contribution in [0.5, 0.6) is 0 Å². The van der Waals surface area contributed by atoms with Crippen molar-refractivity contribution in [2.75, 3.05) is 38.5 Å². The van der Waals surface area contributed by atoms with Crippen molar-refractivity contribution in [2.24, 2.45) is 0 Å². The van der Waals surface area contributed by atoms with Gasteiger partial charge >= 0.3 is 6.03 Å². The number of nitrogens with zero attached hydrogens (tertiary/aromatic N) is 2. The Bertz CT molecular complexity index is 752. The van der Waals surface area contributed by atoms with Crippen molar-refractivity contribution in [2.45, 2.75) is 37.3 Å². The van der Waals surface area contributed by atoms with Gasteiger partial charge in [-0.2, -0.15) is 12.7 Å². The number of piperazine rings is 1. The van der Waals surface area contributed by atoms with Gasteiger partial charge in [-0.3, -0.25) is 0 Å². The minimum absolute atomic E-state index is 0.130. The minimum atomic E-state index is -3.43. The van der Waals surface area contributed by atoms with Crippen LogP contribution in [-0.4, -0.2) is 61.6 Å². The summed E-state index contributed by atoms with van der Waals surface area (Å²) in [6.45, 7) is 9.77. The van der Waals surface area contributed by atoms with Gasteiger partial charge in [0.15, 0.2) is 0 Å². The molecule has 0 aromatic heterocycles.